The van der Waals surface area contributed by atoms with Crippen molar-refractivity contribution >= 4 is 38.9 Å². The molecule has 1 aliphatic rings. The molecule has 0 bridgehead atoms. The molecule has 0 radical (unpaired) electrons. The number of aromatic nitrogens is 3. The molecule has 1 fully saturated rings. The van der Waals surface area contributed by atoms with Gasteiger partial charge in [-0.05, 0) is 18.6 Å². The Morgan fingerprint density at radius 2 is 2.14 bits per heavy atom. The van der Waals surface area contributed by atoms with Crippen molar-refractivity contribution in [2.24, 2.45) is 0 Å². The summed E-state index contributed by atoms with van der Waals surface area (Å²) in [6, 6.07) is 4.50. The van der Waals surface area contributed by atoms with Crippen molar-refractivity contribution in [3.05, 3.63) is 33.1 Å². The number of anilines is 1. The standard InChI is InChI=1S/C16H17BrF3N5O4/c17-10-1-2-12-13(7-10)25(28)22-15(24(12)27)21-5-3-14(26)29-11-4-6-23(8-11)9-16(18,19)20/h1-2,7,11H,3-6,8-9H2,(H,21,22). The molecule has 1 saturated heterocycles. The third-order valence-electron chi connectivity index (χ3n) is 4.28. The Bertz CT molecular complexity index is 914. The summed E-state index contributed by atoms with van der Waals surface area (Å²) in [5.41, 5.74) is 0.169. The summed E-state index contributed by atoms with van der Waals surface area (Å²) in [5, 5.41) is 30.5. The molecule has 3 rings (SSSR count). The van der Waals surface area contributed by atoms with Crippen molar-refractivity contribution in [1.82, 2.24) is 10.00 Å². The maximum absolute atomic E-state index is 12.4. The fourth-order valence-corrected chi connectivity index (χ4v) is 3.38. The number of esters is 1. The van der Waals surface area contributed by atoms with Gasteiger partial charge in [0, 0.05) is 28.5 Å². The maximum atomic E-state index is 12.4. The van der Waals surface area contributed by atoms with Crippen LogP contribution in [0.3, 0.4) is 0 Å². The van der Waals surface area contributed by atoms with E-state index in [1.807, 2.05) is 0 Å². The lowest BCUT2D eigenvalue weighted by Crippen LogP contribution is -2.44. The molecule has 9 nitrogen and oxygen atoms in total. The van der Waals surface area contributed by atoms with E-state index in [-0.39, 0.29) is 43.0 Å². The van der Waals surface area contributed by atoms with E-state index in [0.29, 0.717) is 20.5 Å². The number of nitrogens with zero attached hydrogens (tertiary/aromatic N) is 4. The predicted molar refractivity (Wildman–Crippen MR) is 97.5 cm³/mol. The van der Waals surface area contributed by atoms with Crippen molar-refractivity contribution in [2.75, 3.05) is 31.5 Å². The first-order valence-corrected chi connectivity index (χ1v) is 9.47. The van der Waals surface area contributed by atoms with Gasteiger partial charge in [0.1, 0.15) is 6.10 Å². The van der Waals surface area contributed by atoms with Crippen molar-refractivity contribution < 1.29 is 32.3 Å². The first-order chi connectivity index (χ1) is 13.6. The molecule has 13 heteroatoms. The minimum atomic E-state index is -4.29. The van der Waals surface area contributed by atoms with Gasteiger partial charge in [0.15, 0.2) is 5.52 Å². The predicted octanol–water partition coefficient (Wildman–Crippen LogP) is 1.25. The Hall–Kier alpha value is -2.41. The number of likely N-dealkylation sites (tertiary alicyclic amines) is 1. The Morgan fingerprint density at radius 1 is 1.38 bits per heavy atom. The number of benzene rings is 1. The van der Waals surface area contributed by atoms with Crippen LogP contribution in [0.5, 0.6) is 0 Å². The highest BCUT2D eigenvalue weighted by Gasteiger charge is 2.35. The largest absolute Gasteiger partial charge is 0.739 e. The zero-order valence-electron chi connectivity index (χ0n) is 15.0. The smallest absolute Gasteiger partial charge is 0.460 e. The first-order valence-electron chi connectivity index (χ1n) is 8.67. The van der Waals surface area contributed by atoms with E-state index in [2.05, 4.69) is 26.3 Å². The number of hydrogen-bond donors (Lipinski definition) is 1. The molecule has 0 spiro atoms. The fraction of sp³-hybridized carbons (Fsp3) is 0.500. The van der Waals surface area contributed by atoms with Gasteiger partial charge in [-0.25, -0.2) is 4.73 Å². The van der Waals surface area contributed by atoms with Crippen LogP contribution in [-0.4, -0.2) is 54.4 Å². The van der Waals surface area contributed by atoms with E-state index in [9.17, 15) is 28.4 Å². The van der Waals surface area contributed by atoms with E-state index in [0.717, 1.165) is 0 Å². The van der Waals surface area contributed by atoms with Crippen LogP contribution in [0.4, 0.5) is 19.1 Å². The topological polar surface area (TPSA) is 108 Å². The zero-order chi connectivity index (χ0) is 21.2. The molecule has 1 aromatic carbocycles. The summed E-state index contributed by atoms with van der Waals surface area (Å²) in [7, 11) is 0. The monoisotopic (exact) mass is 479 g/mol. The summed E-state index contributed by atoms with van der Waals surface area (Å²) in [5.74, 6) is -0.895. The Labute approximate surface area is 171 Å². The summed E-state index contributed by atoms with van der Waals surface area (Å²) in [6.45, 7) is -0.843. The minimum absolute atomic E-state index is 0.0250. The van der Waals surface area contributed by atoms with Crippen LogP contribution in [0.1, 0.15) is 12.8 Å². The molecule has 0 amide bonds. The molecule has 1 N–H and O–H groups in total. The molecule has 0 aliphatic carbocycles. The van der Waals surface area contributed by atoms with Crippen LogP contribution in [-0.2, 0) is 9.53 Å². The SMILES string of the molecule is O=C(CCNc1n[n+]([O-])c2cc(Br)ccc2[n+]1[O-])OC1CCN(CC(F)(F)F)C1. The number of alkyl halides is 3. The summed E-state index contributed by atoms with van der Waals surface area (Å²) < 4.78 is 43.4. The van der Waals surface area contributed by atoms with Crippen LogP contribution in [0.25, 0.3) is 11.0 Å². The van der Waals surface area contributed by atoms with E-state index in [1.54, 1.807) is 6.07 Å². The summed E-state index contributed by atoms with van der Waals surface area (Å²) >= 11 is 3.20. The molecular formula is C16H17BrF3N5O4. The summed E-state index contributed by atoms with van der Waals surface area (Å²) in [6.07, 6.45) is -4.71. The van der Waals surface area contributed by atoms with Gasteiger partial charge in [-0.1, -0.05) is 15.9 Å². The lowest BCUT2D eigenvalue weighted by atomic mass is 10.3. The van der Waals surface area contributed by atoms with Gasteiger partial charge in [-0.15, -0.1) is 0 Å². The molecule has 2 aromatic rings. The zero-order valence-corrected chi connectivity index (χ0v) is 16.6. The second-order valence-corrected chi connectivity index (χ2v) is 7.47. The number of rotatable bonds is 6. The van der Waals surface area contributed by atoms with Gasteiger partial charge < -0.3 is 15.2 Å². The van der Waals surface area contributed by atoms with Gasteiger partial charge >= 0.3 is 23.6 Å². The molecule has 1 unspecified atom stereocenters. The first kappa shape index (κ1) is 21.3. The quantitative estimate of drug-likeness (QED) is 0.377. The molecule has 29 heavy (non-hydrogen) atoms. The molecular weight excluding hydrogens is 463 g/mol. The van der Waals surface area contributed by atoms with Crippen LogP contribution < -0.4 is 14.9 Å². The number of ether oxygens (including phenoxy) is 1. The van der Waals surface area contributed by atoms with Gasteiger partial charge in [-0.3, -0.25) is 15.0 Å². The van der Waals surface area contributed by atoms with Crippen molar-refractivity contribution in [1.29, 1.82) is 0 Å². The third kappa shape index (κ3) is 5.56. The Kier molecular flexibility index (Phi) is 6.27. The van der Waals surface area contributed by atoms with E-state index < -0.39 is 24.8 Å². The average molecular weight is 480 g/mol. The van der Waals surface area contributed by atoms with E-state index in [1.165, 1.54) is 17.0 Å². The molecule has 2 heterocycles. The molecule has 1 atom stereocenters. The summed E-state index contributed by atoms with van der Waals surface area (Å²) in [4.78, 5) is 13.4. The van der Waals surface area contributed by atoms with E-state index >= 15 is 0 Å². The molecule has 158 valence electrons. The second kappa shape index (κ2) is 8.53. The van der Waals surface area contributed by atoms with Crippen LogP contribution >= 0.6 is 15.9 Å². The third-order valence-corrected chi connectivity index (χ3v) is 4.78. The van der Waals surface area contributed by atoms with Gasteiger partial charge in [0.25, 0.3) is 0 Å². The normalized spacial score (nSPS) is 17.6. The second-order valence-electron chi connectivity index (χ2n) is 6.55. The highest BCUT2D eigenvalue weighted by atomic mass is 79.9. The highest BCUT2D eigenvalue weighted by Crippen LogP contribution is 2.21. The maximum Gasteiger partial charge on any atom is 0.460 e. The highest BCUT2D eigenvalue weighted by molar-refractivity contribution is 9.10. The lowest BCUT2D eigenvalue weighted by molar-refractivity contribution is -0.672. The van der Waals surface area contributed by atoms with Crippen molar-refractivity contribution in [3.63, 3.8) is 0 Å². The Balaban J connectivity index is 1.51. The van der Waals surface area contributed by atoms with E-state index in [4.69, 9.17) is 4.74 Å². The molecule has 0 saturated carbocycles. The van der Waals surface area contributed by atoms with Gasteiger partial charge in [0.2, 0.25) is 5.10 Å². The lowest BCUT2D eigenvalue weighted by Gasteiger charge is -2.17. The van der Waals surface area contributed by atoms with Gasteiger partial charge in [0.05, 0.1) is 19.5 Å². The number of carbonyl (C=O) groups excluding carboxylic acids is 1. The molecule has 1 aliphatic heterocycles. The number of carbonyl (C=O) groups is 1. The number of fused-ring (bicyclic) bond motifs is 1. The van der Waals surface area contributed by atoms with Crippen LogP contribution in [0.2, 0.25) is 0 Å². The van der Waals surface area contributed by atoms with Crippen molar-refractivity contribution in [3.8, 4) is 0 Å². The minimum Gasteiger partial charge on any atom is -0.739 e. The number of hydrogen-bond acceptors (Lipinski definition) is 7. The average Bonchev–Trinajstić information content (AvgIpc) is 3.03. The number of nitrogens with one attached hydrogen (secondary N) is 1. The van der Waals surface area contributed by atoms with Crippen molar-refractivity contribution in [2.45, 2.75) is 25.1 Å². The Morgan fingerprint density at radius 3 is 2.86 bits per heavy atom. The van der Waals surface area contributed by atoms with Gasteiger partial charge in [-0.2, -0.15) is 13.2 Å². The van der Waals surface area contributed by atoms with Crippen LogP contribution in [0, 0.1) is 10.4 Å². The molecule has 1 aromatic heterocycles. The number of halogens is 4. The van der Waals surface area contributed by atoms with Crippen LogP contribution in [0.15, 0.2) is 22.7 Å². The fourth-order valence-electron chi connectivity index (χ4n) is 3.03.